The summed E-state index contributed by atoms with van der Waals surface area (Å²) in [6.45, 7) is 2.99. The van der Waals surface area contributed by atoms with Gasteiger partial charge < -0.3 is 10.1 Å². The molecule has 2 nitrogen and oxygen atoms in total. The summed E-state index contributed by atoms with van der Waals surface area (Å²) in [5, 5.41) is 3.44. The molecule has 3 heteroatoms. The van der Waals surface area contributed by atoms with E-state index in [1.54, 1.807) is 0 Å². The third-order valence-corrected chi connectivity index (χ3v) is 5.11. The Morgan fingerprint density at radius 3 is 2.90 bits per heavy atom. The zero-order valence-electron chi connectivity index (χ0n) is 12.1. The van der Waals surface area contributed by atoms with E-state index in [1.807, 2.05) is 18.4 Å². The molecule has 1 aliphatic rings. The number of hydrogen-bond donors (Lipinski definition) is 1. The number of aryl methyl sites for hydroxylation is 1. The van der Waals surface area contributed by atoms with E-state index in [1.165, 1.54) is 20.9 Å². The molecular formula is C17H21NOS. The van der Waals surface area contributed by atoms with Crippen LogP contribution in [0.25, 0.3) is 0 Å². The minimum atomic E-state index is 0.208. The number of benzene rings is 1. The number of rotatable bonds is 4. The van der Waals surface area contributed by atoms with Crippen molar-refractivity contribution in [3.8, 4) is 0 Å². The fourth-order valence-corrected chi connectivity index (χ4v) is 3.90. The number of fused-ring (bicyclic) bond motifs is 1. The van der Waals surface area contributed by atoms with Crippen molar-refractivity contribution in [2.75, 3.05) is 13.7 Å². The van der Waals surface area contributed by atoms with Gasteiger partial charge in [-0.3, -0.25) is 0 Å². The highest BCUT2D eigenvalue weighted by Crippen LogP contribution is 2.35. The van der Waals surface area contributed by atoms with Crippen LogP contribution in [0.15, 0.2) is 36.4 Å². The molecule has 20 heavy (non-hydrogen) atoms. The fourth-order valence-electron chi connectivity index (χ4n) is 2.90. The highest BCUT2D eigenvalue weighted by Gasteiger charge is 2.24. The molecule has 106 valence electrons. The van der Waals surface area contributed by atoms with E-state index < -0.39 is 0 Å². The van der Waals surface area contributed by atoms with Gasteiger partial charge in [0.25, 0.3) is 0 Å². The summed E-state index contributed by atoms with van der Waals surface area (Å²) in [6.07, 6.45) is 2.24. The summed E-state index contributed by atoms with van der Waals surface area (Å²) in [6, 6.07) is 13.5. The molecule has 2 aromatic rings. The lowest BCUT2D eigenvalue weighted by Crippen LogP contribution is -2.23. The molecule has 1 aromatic heterocycles. The average Bonchev–Trinajstić information content (AvgIpc) is 2.91. The Kier molecular flexibility index (Phi) is 4.20. The van der Waals surface area contributed by atoms with Crippen molar-refractivity contribution in [2.45, 2.75) is 31.9 Å². The maximum absolute atomic E-state index is 6.03. The van der Waals surface area contributed by atoms with Crippen molar-refractivity contribution in [3.05, 3.63) is 57.3 Å². The van der Waals surface area contributed by atoms with Crippen LogP contribution in [0, 0.1) is 6.92 Å². The van der Waals surface area contributed by atoms with Crippen molar-refractivity contribution in [1.29, 1.82) is 0 Å². The van der Waals surface area contributed by atoms with Crippen LogP contribution in [-0.4, -0.2) is 13.7 Å². The first-order valence-electron chi connectivity index (χ1n) is 7.21. The molecule has 1 N–H and O–H groups in total. The summed E-state index contributed by atoms with van der Waals surface area (Å²) in [7, 11) is 2.04. The Bertz CT molecular complexity index is 578. The molecule has 0 saturated heterocycles. The molecular weight excluding hydrogens is 266 g/mol. The first-order valence-corrected chi connectivity index (χ1v) is 8.02. The van der Waals surface area contributed by atoms with Crippen molar-refractivity contribution in [2.24, 2.45) is 0 Å². The van der Waals surface area contributed by atoms with E-state index in [4.69, 9.17) is 4.74 Å². The first-order chi connectivity index (χ1) is 9.78. The second-order valence-electron chi connectivity index (χ2n) is 5.33. The monoisotopic (exact) mass is 287 g/mol. The van der Waals surface area contributed by atoms with Gasteiger partial charge in [-0.1, -0.05) is 24.3 Å². The van der Waals surface area contributed by atoms with E-state index in [9.17, 15) is 0 Å². The first kappa shape index (κ1) is 13.8. The molecule has 3 rings (SSSR count). The molecule has 2 heterocycles. The zero-order valence-corrected chi connectivity index (χ0v) is 12.9. The molecule has 0 saturated carbocycles. The molecule has 1 aromatic carbocycles. The van der Waals surface area contributed by atoms with Gasteiger partial charge in [0.15, 0.2) is 0 Å². The van der Waals surface area contributed by atoms with Gasteiger partial charge in [-0.2, -0.15) is 0 Å². The number of thiophene rings is 1. The number of hydrogen-bond acceptors (Lipinski definition) is 3. The van der Waals surface area contributed by atoms with E-state index in [0.29, 0.717) is 6.04 Å². The van der Waals surface area contributed by atoms with Crippen molar-refractivity contribution >= 4 is 11.3 Å². The minimum absolute atomic E-state index is 0.208. The van der Waals surface area contributed by atoms with Crippen LogP contribution in [-0.2, 0) is 11.2 Å². The Hall–Kier alpha value is -1.16. The van der Waals surface area contributed by atoms with Gasteiger partial charge in [0.2, 0.25) is 0 Å². The molecule has 0 fully saturated rings. The molecule has 2 atom stereocenters. The number of nitrogens with one attached hydrogen (secondary N) is 1. The summed E-state index contributed by atoms with van der Waals surface area (Å²) >= 11 is 1.87. The van der Waals surface area contributed by atoms with E-state index in [0.717, 1.165) is 19.4 Å². The molecule has 2 unspecified atom stereocenters. The van der Waals surface area contributed by atoms with Crippen molar-refractivity contribution in [1.82, 2.24) is 5.32 Å². The second-order valence-corrected chi connectivity index (χ2v) is 6.65. The van der Waals surface area contributed by atoms with Gasteiger partial charge >= 0.3 is 0 Å². The maximum Gasteiger partial charge on any atom is 0.0846 e. The summed E-state index contributed by atoms with van der Waals surface area (Å²) in [5.41, 5.74) is 2.81. The maximum atomic E-state index is 6.03. The topological polar surface area (TPSA) is 21.3 Å². The van der Waals surface area contributed by atoms with Crippen molar-refractivity contribution < 1.29 is 4.74 Å². The summed E-state index contributed by atoms with van der Waals surface area (Å²) < 4.78 is 6.03. The highest BCUT2D eigenvalue weighted by molar-refractivity contribution is 7.12. The normalized spacial score (nSPS) is 19.6. The quantitative estimate of drug-likeness (QED) is 0.917. The molecule has 0 spiro atoms. The van der Waals surface area contributed by atoms with E-state index in [-0.39, 0.29) is 6.10 Å². The third-order valence-electron chi connectivity index (χ3n) is 4.00. The number of ether oxygens (including phenoxy) is 1. The molecule has 1 aliphatic heterocycles. The molecule has 0 amide bonds. The van der Waals surface area contributed by atoms with Crippen molar-refractivity contribution in [3.63, 3.8) is 0 Å². The van der Waals surface area contributed by atoms with Gasteiger partial charge in [0.1, 0.15) is 0 Å². The average molecular weight is 287 g/mol. The summed E-state index contributed by atoms with van der Waals surface area (Å²) in [5.74, 6) is 0. The van der Waals surface area contributed by atoms with Crippen LogP contribution < -0.4 is 5.32 Å². The Labute approximate surface area is 124 Å². The largest absolute Gasteiger partial charge is 0.373 e. The summed E-state index contributed by atoms with van der Waals surface area (Å²) in [4.78, 5) is 2.77. The van der Waals surface area contributed by atoms with Gasteiger partial charge in [0.05, 0.1) is 12.7 Å². The molecule has 0 aliphatic carbocycles. The predicted molar refractivity (Wildman–Crippen MR) is 84.3 cm³/mol. The third kappa shape index (κ3) is 2.80. The highest BCUT2D eigenvalue weighted by atomic mass is 32.1. The van der Waals surface area contributed by atoms with Crippen LogP contribution >= 0.6 is 11.3 Å². The molecule has 0 radical (unpaired) electrons. The Morgan fingerprint density at radius 1 is 1.30 bits per heavy atom. The van der Waals surface area contributed by atoms with Crippen LogP contribution in [0.1, 0.15) is 39.4 Å². The van der Waals surface area contributed by atoms with Gasteiger partial charge in [-0.05, 0) is 50.1 Å². The van der Waals surface area contributed by atoms with Crippen LogP contribution in [0.2, 0.25) is 0 Å². The van der Waals surface area contributed by atoms with Crippen LogP contribution in [0.3, 0.4) is 0 Å². The van der Waals surface area contributed by atoms with E-state index in [2.05, 4.69) is 48.6 Å². The minimum Gasteiger partial charge on any atom is -0.373 e. The molecule has 0 bridgehead atoms. The lowest BCUT2D eigenvalue weighted by Gasteiger charge is -2.29. The van der Waals surface area contributed by atoms with Gasteiger partial charge in [0, 0.05) is 15.8 Å². The fraction of sp³-hybridized carbons (Fsp3) is 0.412. The predicted octanol–water partition coefficient (Wildman–Crippen LogP) is 4.02. The van der Waals surface area contributed by atoms with Crippen LogP contribution in [0.5, 0.6) is 0 Å². The second kappa shape index (κ2) is 6.08. The van der Waals surface area contributed by atoms with Gasteiger partial charge in [-0.15, -0.1) is 11.3 Å². The van der Waals surface area contributed by atoms with E-state index >= 15 is 0 Å². The smallest absolute Gasteiger partial charge is 0.0846 e. The zero-order chi connectivity index (χ0) is 13.9. The lowest BCUT2D eigenvalue weighted by molar-refractivity contribution is 0.0301. The SMILES string of the molecule is CNC(CC1OCCc2ccccc21)c1ccc(C)s1. The Balaban J connectivity index is 1.80. The lowest BCUT2D eigenvalue weighted by atomic mass is 9.93. The van der Waals surface area contributed by atoms with Gasteiger partial charge in [-0.25, -0.2) is 0 Å². The standard InChI is InChI=1S/C17H21NOS/c1-12-7-8-17(20-12)15(18-2)11-16-14-6-4-3-5-13(14)9-10-19-16/h3-8,15-16,18H,9-11H2,1-2H3. The Morgan fingerprint density at radius 2 is 2.15 bits per heavy atom. The van der Waals surface area contributed by atoms with Crippen LogP contribution in [0.4, 0.5) is 0 Å².